The van der Waals surface area contributed by atoms with E-state index in [0.717, 1.165) is 13.0 Å². The Morgan fingerprint density at radius 1 is 1.05 bits per heavy atom. The molecule has 0 atom stereocenters. The molecule has 0 saturated heterocycles. The number of alkyl halides is 3. The Morgan fingerprint density at radius 3 is 2.20 bits per heavy atom. The molecule has 0 spiro atoms. The summed E-state index contributed by atoms with van der Waals surface area (Å²) in [5.74, 6) is 0.926. The molecular formula is C14H20F3NO2. The smallest absolute Gasteiger partial charge is 0.492 e. The Hall–Kier alpha value is -1.43. The van der Waals surface area contributed by atoms with Gasteiger partial charge in [0.2, 0.25) is 0 Å². The zero-order valence-electron chi connectivity index (χ0n) is 11.7. The quantitative estimate of drug-likeness (QED) is 0.742. The van der Waals surface area contributed by atoms with E-state index >= 15 is 0 Å². The van der Waals surface area contributed by atoms with Crippen molar-refractivity contribution in [3.05, 3.63) is 24.3 Å². The van der Waals surface area contributed by atoms with Crippen molar-refractivity contribution < 1.29 is 22.6 Å². The van der Waals surface area contributed by atoms with E-state index < -0.39 is 6.36 Å². The second kappa shape index (κ2) is 7.99. The topological polar surface area (TPSA) is 30.5 Å². The van der Waals surface area contributed by atoms with E-state index in [4.69, 9.17) is 4.74 Å². The molecule has 0 saturated carbocycles. The standard InChI is InChI=1S/C14H20F3NO2/c1-11(2)7-8-18-9-10-19-12-3-5-13(6-4-12)20-14(15,16)17/h3-6,11,18H,7-10H2,1-2H3. The van der Waals surface area contributed by atoms with Crippen molar-refractivity contribution in [2.45, 2.75) is 26.6 Å². The molecule has 0 amide bonds. The van der Waals surface area contributed by atoms with E-state index in [9.17, 15) is 13.2 Å². The summed E-state index contributed by atoms with van der Waals surface area (Å²) in [6, 6.07) is 5.37. The zero-order chi connectivity index (χ0) is 15.0. The lowest BCUT2D eigenvalue weighted by Gasteiger charge is -2.11. The van der Waals surface area contributed by atoms with Gasteiger partial charge in [0.05, 0.1) is 0 Å². The second-order valence-electron chi connectivity index (χ2n) is 4.80. The van der Waals surface area contributed by atoms with Gasteiger partial charge in [0.1, 0.15) is 18.1 Å². The van der Waals surface area contributed by atoms with Gasteiger partial charge in [-0.15, -0.1) is 13.2 Å². The van der Waals surface area contributed by atoms with Crippen molar-refractivity contribution in [3.63, 3.8) is 0 Å². The summed E-state index contributed by atoms with van der Waals surface area (Å²) in [4.78, 5) is 0. The third kappa shape index (κ3) is 7.89. The lowest BCUT2D eigenvalue weighted by Crippen LogP contribution is -2.23. The number of benzene rings is 1. The first-order valence-electron chi connectivity index (χ1n) is 6.56. The highest BCUT2D eigenvalue weighted by Crippen LogP contribution is 2.24. The lowest BCUT2D eigenvalue weighted by atomic mass is 10.1. The van der Waals surface area contributed by atoms with Gasteiger partial charge in [-0.25, -0.2) is 0 Å². The van der Waals surface area contributed by atoms with Crippen LogP contribution in [0.1, 0.15) is 20.3 Å². The fourth-order valence-corrected chi connectivity index (χ4v) is 1.49. The Balaban J connectivity index is 2.21. The van der Waals surface area contributed by atoms with Gasteiger partial charge in [-0.3, -0.25) is 0 Å². The molecule has 1 rings (SSSR count). The number of nitrogens with one attached hydrogen (secondary N) is 1. The summed E-state index contributed by atoms with van der Waals surface area (Å²) in [5.41, 5.74) is 0. The minimum atomic E-state index is -4.66. The molecule has 0 bridgehead atoms. The molecule has 1 aromatic rings. The van der Waals surface area contributed by atoms with Crippen LogP contribution < -0.4 is 14.8 Å². The maximum Gasteiger partial charge on any atom is 0.573 e. The lowest BCUT2D eigenvalue weighted by molar-refractivity contribution is -0.274. The van der Waals surface area contributed by atoms with Crippen LogP contribution in [0.25, 0.3) is 0 Å². The maximum absolute atomic E-state index is 12.0. The van der Waals surface area contributed by atoms with Gasteiger partial charge in [0, 0.05) is 6.54 Å². The summed E-state index contributed by atoms with van der Waals surface area (Å²) in [7, 11) is 0. The van der Waals surface area contributed by atoms with Crippen molar-refractivity contribution in [1.29, 1.82) is 0 Å². The first kappa shape index (κ1) is 16.6. The monoisotopic (exact) mass is 291 g/mol. The number of hydrogen-bond donors (Lipinski definition) is 1. The molecular weight excluding hydrogens is 271 g/mol. The van der Waals surface area contributed by atoms with Crippen LogP contribution in [0, 0.1) is 5.92 Å². The maximum atomic E-state index is 12.0. The average Bonchev–Trinajstić information content (AvgIpc) is 2.33. The molecule has 0 aliphatic rings. The van der Waals surface area contributed by atoms with Crippen molar-refractivity contribution in [2.24, 2.45) is 5.92 Å². The molecule has 20 heavy (non-hydrogen) atoms. The van der Waals surface area contributed by atoms with E-state index in [-0.39, 0.29) is 5.75 Å². The van der Waals surface area contributed by atoms with Crippen molar-refractivity contribution in [2.75, 3.05) is 19.7 Å². The number of rotatable bonds is 8. The SMILES string of the molecule is CC(C)CCNCCOc1ccc(OC(F)(F)F)cc1. The van der Waals surface area contributed by atoms with Crippen molar-refractivity contribution in [1.82, 2.24) is 5.32 Å². The van der Waals surface area contributed by atoms with Crippen molar-refractivity contribution in [3.8, 4) is 11.5 Å². The number of hydrogen-bond acceptors (Lipinski definition) is 3. The Kier molecular flexibility index (Phi) is 6.64. The van der Waals surface area contributed by atoms with Gasteiger partial charge in [-0.2, -0.15) is 0 Å². The summed E-state index contributed by atoms with van der Waals surface area (Å²) < 4.78 is 45.0. The molecule has 0 unspecified atom stereocenters. The molecule has 0 radical (unpaired) electrons. The molecule has 0 heterocycles. The Bertz CT molecular complexity index is 377. The second-order valence-corrected chi connectivity index (χ2v) is 4.80. The highest BCUT2D eigenvalue weighted by atomic mass is 19.4. The van der Waals surface area contributed by atoms with Gasteiger partial charge in [-0.1, -0.05) is 13.8 Å². The fraction of sp³-hybridized carbons (Fsp3) is 0.571. The summed E-state index contributed by atoms with van der Waals surface area (Å²) >= 11 is 0. The molecule has 6 heteroatoms. The molecule has 0 fully saturated rings. The van der Waals surface area contributed by atoms with E-state index in [2.05, 4.69) is 23.9 Å². The summed E-state index contributed by atoms with van der Waals surface area (Å²) in [6.07, 6.45) is -3.56. The number of halogens is 3. The van der Waals surface area contributed by atoms with Crippen LogP contribution in [0.3, 0.4) is 0 Å². The zero-order valence-corrected chi connectivity index (χ0v) is 11.7. The fourth-order valence-electron chi connectivity index (χ4n) is 1.49. The molecule has 1 aromatic carbocycles. The van der Waals surface area contributed by atoms with Gasteiger partial charge < -0.3 is 14.8 Å². The first-order valence-corrected chi connectivity index (χ1v) is 6.56. The third-order valence-electron chi connectivity index (χ3n) is 2.50. The normalized spacial score (nSPS) is 11.7. The largest absolute Gasteiger partial charge is 0.573 e. The predicted molar refractivity (Wildman–Crippen MR) is 70.9 cm³/mol. The number of ether oxygens (including phenoxy) is 2. The Morgan fingerprint density at radius 2 is 1.65 bits per heavy atom. The minimum Gasteiger partial charge on any atom is -0.492 e. The van der Waals surface area contributed by atoms with E-state index in [1.165, 1.54) is 24.3 Å². The van der Waals surface area contributed by atoms with Gasteiger partial charge in [0.25, 0.3) is 0 Å². The van der Waals surface area contributed by atoms with Gasteiger partial charge in [-0.05, 0) is 43.1 Å². The van der Waals surface area contributed by atoms with E-state index in [1.54, 1.807) is 0 Å². The highest BCUT2D eigenvalue weighted by Gasteiger charge is 2.30. The van der Waals surface area contributed by atoms with Crippen LogP contribution in [-0.4, -0.2) is 26.1 Å². The molecule has 0 aliphatic heterocycles. The van der Waals surface area contributed by atoms with Crippen LogP contribution in [0.15, 0.2) is 24.3 Å². The molecule has 0 aliphatic carbocycles. The van der Waals surface area contributed by atoms with Crippen LogP contribution in [0.5, 0.6) is 11.5 Å². The van der Waals surface area contributed by atoms with E-state index in [1.807, 2.05) is 0 Å². The third-order valence-corrected chi connectivity index (χ3v) is 2.50. The van der Waals surface area contributed by atoms with Crippen LogP contribution in [0.2, 0.25) is 0 Å². The molecule has 114 valence electrons. The predicted octanol–water partition coefficient (Wildman–Crippen LogP) is 3.60. The van der Waals surface area contributed by atoms with Gasteiger partial charge >= 0.3 is 6.36 Å². The molecule has 3 nitrogen and oxygen atoms in total. The van der Waals surface area contributed by atoms with Crippen LogP contribution >= 0.6 is 0 Å². The summed E-state index contributed by atoms with van der Waals surface area (Å²) in [5, 5.41) is 3.23. The first-order chi connectivity index (χ1) is 9.37. The minimum absolute atomic E-state index is 0.250. The van der Waals surface area contributed by atoms with E-state index in [0.29, 0.717) is 24.8 Å². The molecule has 1 N–H and O–H groups in total. The average molecular weight is 291 g/mol. The van der Waals surface area contributed by atoms with Gasteiger partial charge in [0.15, 0.2) is 0 Å². The van der Waals surface area contributed by atoms with Crippen LogP contribution in [-0.2, 0) is 0 Å². The highest BCUT2D eigenvalue weighted by molar-refractivity contribution is 5.31. The van der Waals surface area contributed by atoms with Crippen LogP contribution in [0.4, 0.5) is 13.2 Å². The van der Waals surface area contributed by atoms with Crippen molar-refractivity contribution >= 4 is 0 Å². The Labute approximate surface area is 117 Å². The summed E-state index contributed by atoms with van der Waals surface area (Å²) in [6.45, 7) is 6.41. The molecule has 0 aromatic heterocycles.